The predicted octanol–water partition coefficient (Wildman–Crippen LogP) is 1.94. The van der Waals surface area contributed by atoms with Gasteiger partial charge in [-0.25, -0.2) is 22.0 Å². The molecule has 144 valence electrons. The van der Waals surface area contributed by atoms with Gasteiger partial charge in [-0.15, -0.1) is 0 Å². The van der Waals surface area contributed by atoms with E-state index in [0.29, 0.717) is 6.07 Å². The fourth-order valence-electron chi connectivity index (χ4n) is 2.36. The minimum Gasteiger partial charge on any atom is -0.480 e. The molecule has 2 aromatic rings. The van der Waals surface area contributed by atoms with E-state index >= 15 is 0 Å². The quantitative estimate of drug-likeness (QED) is 0.709. The molecule has 0 aromatic heterocycles. The Balaban J connectivity index is 2.01. The van der Waals surface area contributed by atoms with Crippen molar-refractivity contribution in [2.45, 2.75) is 23.8 Å². The highest BCUT2D eigenvalue weighted by Crippen LogP contribution is 2.13. The summed E-state index contributed by atoms with van der Waals surface area (Å²) in [6.07, 6.45) is -0.856. The van der Waals surface area contributed by atoms with E-state index in [1.165, 1.54) is 12.1 Å². The van der Waals surface area contributed by atoms with Crippen LogP contribution in [0.3, 0.4) is 0 Å². The van der Waals surface area contributed by atoms with E-state index in [0.717, 1.165) is 12.1 Å². The van der Waals surface area contributed by atoms with Gasteiger partial charge >= 0.3 is 5.97 Å². The van der Waals surface area contributed by atoms with Crippen molar-refractivity contribution < 1.29 is 31.9 Å². The number of carbonyl (C=O) groups excluding carboxylic acids is 1. The fourth-order valence-corrected chi connectivity index (χ4v) is 3.71. The van der Waals surface area contributed by atoms with E-state index in [1.54, 1.807) is 18.2 Å². The van der Waals surface area contributed by atoms with Gasteiger partial charge in [0.05, 0.1) is 17.1 Å². The van der Waals surface area contributed by atoms with Crippen molar-refractivity contribution in [3.05, 3.63) is 65.7 Å². The molecule has 27 heavy (non-hydrogen) atoms. The Morgan fingerprint density at radius 2 is 1.74 bits per heavy atom. The predicted molar refractivity (Wildman–Crippen MR) is 92.7 cm³/mol. The van der Waals surface area contributed by atoms with Gasteiger partial charge in [0, 0.05) is 6.07 Å². The summed E-state index contributed by atoms with van der Waals surface area (Å²) in [4.78, 5) is 23.3. The van der Waals surface area contributed by atoms with Gasteiger partial charge in [-0.1, -0.05) is 24.3 Å². The maximum absolute atomic E-state index is 13.6. The van der Waals surface area contributed by atoms with Crippen LogP contribution in [0.4, 0.5) is 8.78 Å². The van der Waals surface area contributed by atoms with Crippen molar-refractivity contribution >= 4 is 21.7 Å². The second kappa shape index (κ2) is 8.72. The van der Waals surface area contributed by atoms with Crippen LogP contribution in [0.15, 0.2) is 53.4 Å². The van der Waals surface area contributed by atoms with E-state index in [4.69, 9.17) is 0 Å². The molecule has 0 aliphatic carbocycles. The number of carbonyl (C=O) groups is 2. The molecule has 0 radical (unpaired) electrons. The number of carboxylic acid groups (broad SMARTS) is 1. The monoisotopic (exact) mass is 397 g/mol. The smallest absolute Gasteiger partial charge is 0.326 e. The summed E-state index contributed by atoms with van der Waals surface area (Å²) < 4.78 is 50.9. The third-order valence-corrected chi connectivity index (χ3v) is 5.54. The molecule has 0 aliphatic rings. The number of nitrogens with one attached hydrogen (secondary N) is 1. The van der Waals surface area contributed by atoms with Crippen LogP contribution in [-0.4, -0.2) is 37.2 Å². The van der Waals surface area contributed by atoms with Crippen molar-refractivity contribution in [2.24, 2.45) is 0 Å². The van der Waals surface area contributed by atoms with Gasteiger partial charge in [-0.05, 0) is 30.2 Å². The summed E-state index contributed by atoms with van der Waals surface area (Å²) in [5.74, 6) is -4.44. The SMILES string of the molecule is O=C(Cc1ccc(F)cc1F)N[C@H](CCS(=O)(=O)c1ccccc1)C(=O)O. The molecule has 1 amide bonds. The van der Waals surface area contributed by atoms with E-state index < -0.39 is 51.6 Å². The number of rotatable bonds is 8. The highest BCUT2D eigenvalue weighted by atomic mass is 32.2. The first-order valence-corrected chi connectivity index (χ1v) is 9.58. The van der Waals surface area contributed by atoms with Crippen LogP contribution in [0, 0.1) is 11.6 Å². The molecule has 0 bridgehead atoms. The molecule has 1 atom stereocenters. The zero-order valence-electron chi connectivity index (χ0n) is 14.1. The average Bonchev–Trinajstić information content (AvgIpc) is 2.61. The normalized spacial score (nSPS) is 12.4. The lowest BCUT2D eigenvalue weighted by Crippen LogP contribution is -2.42. The van der Waals surface area contributed by atoms with Gasteiger partial charge in [0.25, 0.3) is 0 Å². The summed E-state index contributed by atoms with van der Waals surface area (Å²) >= 11 is 0. The Labute approximate surface area is 154 Å². The van der Waals surface area contributed by atoms with Gasteiger partial charge in [0.2, 0.25) is 5.91 Å². The molecule has 6 nitrogen and oxygen atoms in total. The maximum atomic E-state index is 13.6. The summed E-state index contributed by atoms with van der Waals surface area (Å²) in [7, 11) is -3.71. The molecular formula is C18H17F2NO5S. The molecule has 2 N–H and O–H groups in total. The number of benzene rings is 2. The number of hydrogen-bond donors (Lipinski definition) is 2. The second-order valence-electron chi connectivity index (χ2n) is 5.79. The van der Waals surface area contributed by atoms with Crippen molar-refractivity contribution in [1.82, 2.24) is 5.32 Å². The Morgan fingerprint density at radius 1 is 1.07 bits per heavy atom. The van der Waals surface area contributed by atoms with Gasteiger partial charge in [0.1, 0.15) is 17.7 Å². The van der Waals surface area contributed by atoms with Crippen molar-refractivity contribution in [3.63, 3.8) is 0 Å². The van der Waals surface area contributed by atoms with Crippen LogP contribution in [0.25, 0.3) is 0 Å². The third-order valence-electron chi connectivity index (χ3n) is 3.78. The second-order valence-corrected chi connectivity index (χ2v) is 7.90. The summed E-state index contributed by atoms with van der Waals surface area (Å²) in [6, 6.07) is 8.73. The Bertz CT molecular complexity index is 932. The number of sulfone groups is 1. The molecule has 2 aromatic carbocycles. The Hall–Kier alpha value is -2.81. The third kappa shape index (κ3) is 5.85. The van der Waals surface area contributed by atoms with Crippen LogP contribution >= 0.6 is 0 Å². The standard InChI is InChI=1S/C18H17F2NO5S/c19-13-7-6-12(15(20)11-13)10-17(22)21-16(18(23)24)8-9-27(25,26)14-4-2-1-3-5-14/h1-7,11,16H,8-10H2,(H,21,22)(H,23,24)/t16-/m1/s1. The minimum absolute atomic E-state index is 0.0499. The Kier molecular flexibility index (Phi) is 6.62. The van der Waals surface area contributed by atoms with Crippen molar-refractivity contribution in [1.29, 1.82) is 0 Å². The van der Waals surface area contributed by atoms with Crippen molar-refractivity contribution in [2.75, 3.05) is 5.75 Å². The minimum atomic E-state index is -3.71. The van der Waals surface area contributed by atoms with E-state index in [2.05, 4.69) is 5.32 Å². The fraction of sp³-hybridized carbons (Fsp3) is 0.222. The topological polar surface area (TPSA) is 101 Å². The van der Waals surface area contributed by atoms with Gasteiger partial charge in [0.15, 0.2) is 9.84 Å². The molecule has 0 spiro atoms. The zero-order valence-corrected chi connectivity index (χ0v) is 14.9. The lowest BCUT2D eigenvalue weighted by Gasteiger charge is -2.15. The van der Waals surface area contributed by atoms with Crippen LogP contribution < -0.4 is 5.32 Å². The molecule has 0 saturated heterocycles. The first-order valence-electron chi connectivity index (χ1n) is 7.93. The highest BCUT2D eigenvalue weighted by molar-refractivity contribution is 7.91. The van der Waals surface area contributed by atoms with E-state index in [-0.39, 0.29) is 16.9 Å². The number of hydrogen-bond acceptors (Lipinski definition) is 4. The van der Waals surface area contributed by atoms with Gasteiger partial charge in [-0.2, -0.15) is 0 Å². The van der Waals surface area contributed by atoms with Crippen LogP contribution in [-0.2, 0) is 25.8 Å². The first kappa shape index (κ1) is 20.5. The number of aliphatic carboxylic acids is 1. The lowest BCUT2D eigenvalue weighted by atomic mass is 10.1. The molecule has 9 heteroatoms. The number of halogens is 2. The summed E-state index contributed by atoms with van der Waals surface area (Å²) in [5.41, 5.74) is -0.102. The molecular weight excluding hydrogens is 380 g/mol. The van der Waals surface area contributed by atoms with Gasteiger partial charge in [-0.3, -0.25) is 4.79 Å². The Morgan fingerprint density at radius 3 is 2.33 bits per heavy atom. The lowest BCUT2D eigenvalue weighted by molar-refractivity contribution is -0.141. The van der Waals surface area contributed by atoms with Crippen molar-refractivity contribution in [3.8, 4) is 0 Å². The first-order chi connectivity index (χ1) is 12.7. The number of carboxylic acids is 1. The van der Waals surface area contributed by atoms with Crippen LogP contribution in [0.5, 0.6) is 0 Å². The highest BCUT2D eigenvalue weighted by Gasteiger charge is 2.24. The van der Waals surface area contributed by atoms with Crippen LogP contribution in [0.2, 0.25) is 0 Å². The van der Waals surface area contributed by atoms with Gasteiger partial charge < -0.3 is 10.4 Å². The molecule has 0 aliphatic heterocycles. The maximum Gasteiger partial charge on any atom is 0.326 e. The number of amides is 1. The summed E-state index contributed by atoms with van der Waals surface area (Å²) in [5, 5.41) is 11.4. The summed E-state index contributed by atoms with van der Waals surface area (Å²) in [6.45, 7) is 0. The average molecular weight is 397 g/mol. The largest absolute Gasteiger partial charge is 0.480 e. The van der Waals surface area contributed by atoms with E-state index in [9.17, 15) is 31.9 Å². The molecule has 0 fully saturated rings. The van der Waals surface area contributed by atoms with E-state index in [1.807, 2.05) is 0 Å². The molecule has 0 saturated carbocycles. The zero-order chi connectivity index (χ0) is 20.0. The molecule has 2 rings (SSSR count). The van der Waals surface area contributed by atoms with Crippen LogP contribution in [0.1, 0.15) is 12.0 Å². The molecule has 0 heterocycles. The molecule has 0 unspecified atom stereocenters.